The molecule has 0 bridgehead atoms. The molecule has 1 aliphatic heterocycles. The van der Waals surface area contributed by atoms with Gasteiger partial charge in [0, 0.05) is 12.1 Å². The number of H-pyrrole nitrogens is 1. The van der Waals surface area contributed by atoms with Crippen molar-refractivity contribution in [3.05, 3.63) is 65.0 Å². The van der Waals surface area contributed by atoms with Crippen LogP contribution in [0.4, 0.5) is 0 Å². The Morgan fingerprint density at radius 3 is 2.68 bits per heavy atom. The molecule has 1 unspecified atom stereocenters. The number of nitrogens with one attached hydrogen (secondary N) is 2. The van der Waals surface area contributed by atoms with Crippen LogP contribution in [0.2, 0.25) is 0 Å². The van der Waals surface area contributed by atoms with Crippen LogP contribution in [0.25, 0.3) is 11.0 Å². The average Bonchev–Trinajstić information content (AvgIpc) is 3.31. The standard InChI is InChI=1S/C22H24N4O2/c1-14-10-15(2)12-16(11-14)22(28)23-13-20(27)26-9-5-8-19(26)21-24-17-6-3-4-7-18(17)25-21/h3-4,6-7,10-12,19H,5,8-9,13H2,1-2H3,(H,23,28)(H,24,25). The van der Waals surface area contributed by atoms with Crippen LogP contribution in [0.15, 0.2) is 42.5 Å². The number of fused-ring (bicyclic) bond motifs is 1. The van der Waals surface area contributed by atoms with E-state index in [1.807, 2.05) is 61.2 Å². The van der Waals surface area contributed by atoms with Crippen molar-refractivity contribution in [2.45, 2.75) is 32.7 Å². The van der Waals surface area contributed by atoms with Crippen LogP contribution in [-0.2, 0) is 4.79 Å². The first-order chi connectivity index (χ1) is 13.5. The molecule has 3 aromatic rings. The van der Waals surface area contributed by atoms with Gasteiger partial charge in [0.25, 0.3) is 5.91 Å². The van der Waals surface area contributed by atoms with E-state index in [1.165, 1.54) is 0 Å². The van der Waals surface area contributed by atoms with E-state index in [0.717, 1.165) is 40.8 Å². The van der Waals surface area contributed by atoms with Crippen molar-refractivity contribution in [3.8, 4) is 0 Å². The van der Waals surface area contributed by atoms with Gasteiger partial charge >= 0.3 is 0 Å². The zero-order valence-corrected chi connectivity index (χ0v) is 16.2. The van der Waals surface area contributed by atoms with Gasteiger partial charge in [-0.25, -0.2) is 4.98 Å². The fourth-order valence-corrected chi connectivity index (χ4v) is 3.95. The number of carbonyl (C=O) groups excluding carboxylic acids is 2. The molecule has 28 heavy (non-hydrogen) atoms. The van der Waals surface area contributed by atoms with Gasteiger partial charge in [0.15, 0.2) is 0 Å². The Balaban J connectivity index is 1.44. The molecular formula is C22H24N4O2. The molecule has 1 atom stereocenters. The second kappa shape index (κ2) is 7.46. The summed E-state index contributed by atoms with van der Waals surface area (Å²) in [6.45, 7) is 4.58. The fourth-order valence-electron chi connectivity index (χ4n) is 3.95. The number of nitrogens with zero attached hydrogens (tertiary/aromatic N) is 2. The van der Waals surface area contributed by atoms with Crippen LogP contribution in [-0.4, -0.2) is 39.8 Å². The highest BCUT2D eigenvalue weighted by molar-refractivity contribution is 5.96. The van der Waals surface area contributed by atoms with Gasteiger partial charge in [-0.1, -0.05) is 29.3 Å². The van der Waals surface area contributed by atoms with E-state index in [-0.39, 0.29) is 24.4 Å². The Morgan fingerprint density at radius 1 is 1.18 bits per heavy atom. The summed E-state index contributed by atoms with van der Waals surface area (Å²) in [7, 11) is 0. The Hall–Kier alpha value is -3.15. The van der Waals surface area contributed by atoms with Gasteiger partial charge in [-0.05, 0) is 51.0 Å². The third kappa shape index (κ3) is 3.63. The predicted octanol–water partition coefficient (Wildman–Crippen LogP) is 3.27. The summed E-state index contributed by atoms with van der Waals surface area (Å²) in [5.74, 6) is 0.507. The van der Waals surface area contributed by atoms with Gasteiger partial charge < -0.3 is 15.2 Å². The SMILES string of the molecule is Cc1cc(C)cc(C(=O)NCC(=O)N2CCCC2c2nc3ccccc3[nH]2)c1. The Labute approximate surface area is 164 Å². The van der Waals surface area contributed by atoms with Crippen molar-refractivity contribution in [1.82, 2.24) is 20.2 Å². The lowest BCUT2D eigenvalue weighted by Gasteiger charge is -2.23. The first-order valence-electron chi connectivity index (χ1n) is 9.62. The van der Waals surface area contributed by atoms with E-state index >= 15 is 0 Å². The first-order valence-corrected chi connectivity index (χ1v) is 9.62. The molecule has 2 aromatic carbocycles. The van der Waals surface area contributed by atoms with Crippen LogP contribution < -0.4 is 5.32 Å². The maximum absolute atomic E-state index is 12.8. The monoisotopic (exact) mass is 376 g/mol. The van der Waals surface area contributed by atoms with Crippen molar-refractivity contribution < 1.29 is 9.59 Å². The van der Waals surface area contributed by atoms with Gasteiger partial charge in [-0.3, -0.25) is 9.59 Å². The number of amides is 2. The van der Waals surface area contributed by atoms with E-state index in [4.69, 9.17) is 0 Å². The summed E-state index contributed by atoms with van der Waals surface area (Å²) in [5.41, 5.74) is 4.52. The highest BCUT2D eigenvalue weighted by atomic mass is 16.2. The average molecular weight is 376 g/mol. The molecule has 1 fully saturated rings. The maximum atomic E-state index is 12.8. The normalized spacial score (nSPS) is 16.5. The van der Waals surface area contributed by atoms with Crippen molar-refractivity contribution in [3.63, 3.8) is 0 Å². The molecule has 2 N–H and O–H groups in total. The highest BCUT2D eigenvalue weighted by Gasteiger charge is 2.32. The van der Waals surface area contributed by atoms with Crippen LogP contribution >= 0.6 is 0 Å². The predicted molar refractivity (Wildman–Crippen MR) is 108 cm³/mol. The molecule has 1 aliphatic rings. The largest absolute Gasteiger partial charge is 0.343 e. The molecule has 6 heteroatoms. The summed E-state index contributed by atoms with van der Waals surface area (Å²) in [5, 5.41) is 2.77. The summed E-state index contributed by atoms with van der Waals surface area (Å²) in [6.07, 6.45) is 1.80. The highest BCUT2D eigenvalue weighted by Crippen LogP contribution is 2.31. The molecule has 2 amide bonds. The molecule has 1 saturated heterocycles. The number of aromatic nitrogens is 2. The number of carbonyl (C=O) groups is 2. The number of benzene rings is 2. The number of rotatable bonds is 4. The second-order valence-electron chi connectivity index (χ2n) is 7.44. The van der Waals surface area contributed by atoms with E-state index in [9.17, 15) is 9.59 Å². The summed E-state index contributed by atoms with van der Waals surface area (Å²) in [4.78, 5) is 35.0. The minimum absolute atomic E-state index is 0.0114. The molecule has 0 spiro atoms. The van der Waals surface area contributed by atoms with Gasteiger partial charge in [-0.15, -0.1) is 0 Å². The summed E-state index contributed by atoms with van der Waals surface area (Å²) in [6, 6.07) is 13.5. The Kier molecular flexibility index (Phi) is 4.86. The lowest BCUT2D eigenvalue weighted by Crippen LogP contribution is -2.40. The van der Waals surface area contributed by atoms with Gasteiger partial charge in [0.2, 0.25) is 5.91 Å². The van der Waals surface area contributed by atoms with Crippen LogP contribution in [0.1, 0.15) is 46.2 Å². The third-order valence-corrected chi connectivity index (χ3v) is 5.18. The topological polar surface area (TPSA) is 78.1 Å². The first kappa shape index (κ1) is 18.2. The molecule has 6 nitrogen and oxygen atoms in total. The Morgan fingerprint density at radius 2 is 1.93 bits per heavy atom. The van der Waals surface area contributed by atoms with Crippen LogP contribution in [0.5, 0.6) is 0 Å². The van der Waals surface area contributed by atoms with Crippen LogP contribution in [0.3, 0.4) is 0 Å². The second-order valence-corrected chi connectivity index (χ2v) is 7.44. The lowest BCUT2D eigenvalue weighted by molar-refractivity contribution is -0.131. The molecular weight excluding hydrogens is 352 g/mol. The summed E-state index contributed by atoms with van der Waals surface area (Å²) >= 11 is 0. The van der Waals surface area contributed by atoms with Crippen molar-refractivity contribution in [1.29, 1.82) is 0 Å². The molecule has 0 radical (unpaired) electrons. The Bertz CT molecular complexity index is 987. The number of aromatic amines is 1. The number of imidazole rings is 1. The van der Waals surface area contributed by atoms with Gasteiger partial charge in [0.1, 0.15) is 5.82 Å². The van der Waals surface area contributed by atoms with Gasteiger partial charge in [0.05, 0.1) is 23.6 Å². The number of likely N-dealkylation sites (tertiary alicyclic amines) is 1. The van der Waals surface area contributed by atoms with Crippen molar-refractivity contribution in [2.75, 3.05) is 13.1 Å². The molecule has 144 valence electrons. The number of hydrogen-bond donors (Lipinski definition) is 2. The lowest BCUT2D eigenvalue weighted by atomic mass is 10.1. The van der Waals surface area contributed by atoms with E-state index in [1.54, 1.807) is 0 Å². The van der Waals surface area contributed by atoms with E-state index in [0.29, 0.717) is 12.1 Å². The van der Waals surface area contributed by atoms with Crippen molar-refractivity contribution in [2.24, 2.45) is 0 Å². The maximum Gasteiger partial charge on any atom is 0.251 e. The zero-order chi connectivity index (χ0) is 19.7. The summed E-state index contributed by atoms with van der Waals surface area (Å²) < 4.78 is 0. The molecule has 0 aliphatic carbocycles. The molecule has 4 rings (SSSR count). The zero-order valence-electron chi connectivity index (χ0n) is 16.2. The van der Waals surface area contributed by atoms with Crippen molar-refractivity contribution >= 4 is 22.8 Å². The van der Waals surface area contributed by atoms with Gasteiger partial charge in [-0.2, -0.15) is 0 Å². The quantitative estimate of drug-likeness (QED) is 0.734. The molecule has 2 heterocycles. The molecule has 0 saturated carbocycles. The van der Waals surface area contributed by atoms with Crippen LogP contribution in [0, 0.1) is 13.8 Å². The number of para-hydroxylation sites is 2. The fraction of sp³-hybridized carbons (Fsp3) is 0.318. The van der Waals surface area contributed by atoms with E-state index in [2.05, 4.69) is 15.3 Å². The molecule has 1 aromatic heterocycles. The minimum Gasteiger partial charge on any atom is -0.343 e. The number of hydrogen-bond acceptors (Lipinski definition) is 3. The number of aryl methyl sites for hydroxylation is 2. The van der Waals surface area contributed by atoms with E-state index < -0.39 is 0 Å². The smallest absolute Gasteiger partial charge is 0.251 e. The third-order valence-electron chi connectivity index (χ3n) is 5.18. The minimum atomic E-state index is -0.223.